The van der Waals surface area contributed by atoms with Gasteiger partial charge in [0.2, 0.25) is 0 Å². The maximum absolute atomic E-state index is 10.4. The van der Waals surface area contributed by atoms with E-state index in [0.29, 0.717) is 0 Å². The minimum atomic E-state index is -0.0323. The first-order valence-corrected chi connectivity index (χ1v) is 16.0. The summed E-state index contributed by atoms with van der Waals surface area (Å²) < 4.78 is 0. The highest BCUT2D eigenvalue weighted by molar-refractivity contribution is 5.30. The van der Waals surface area contributed by atoms with Crippen LogP contribution in [0.25, 0.3) is 0 Å². The molecule has 196 valence electrons. The predicted octanol–water partition coefficient (Wildman–Crippen LogP) is 8.81. The van der Waals surface area contributed by atoms with Crippen molar-refractivity contribution in [3.8, 4) is 0 Å². The maximum Gasteiger partial charge on any atom is 0.0596 e. The number of aliphatic hydroxyl groups excluding tert-OH is 1. The first-order valence-electron chi connectivity index (χ1n) is 16.0. The first-order chi connectivity index (χ1) is 17.6. The van der Waals surface area contributed by atoms with Gasteiger partial charge in [0.25, 0.3) is 0 Å². The molecule has 8 rings (SSSR count). The van der Waals surface area contributed by atoms with Gasteiger partial charge in [0.1, 0.15) is 0 Å². The lowest BCUT2D eigenvalue weighted by Crippen LogP contribution is -2.46. The van der Waals surface area contributed by atoms with Crippen molar-refractivity contribution in [2.24, 2.45) is 58.7 Å². The Morgan fingerprint density at radius 1 is 0.667 bits per heavy atom. The molecule has 0 aromatic rings. The molecule has 0 aromatic carbocycles. The molecule has 4 saturated carbocycles. The highest BCUT2D eigenvalue weighted by Crippen LogP contribution is 2.61. The Morgan fingerprint density at radius 2 is 1.36 bits per heavy atom. The molecule has 0 aromatic heterocycles. The number of hydrogen-bond donors (Lipinski definition) is 1. The van der Waals surface area contributed by atoms with Gasteiger partial charge in [0.05, 0.1) is 6.10 Å². The van der Waals surface area contributed by atoms with Crippen LogP contribution in [0.1, 0.15) is 103 Å². The van der Waals surface area contributed by atoms with Gasteiger partial charge in [0.15, 0.2) is 0 Å². The molecule has 0 spiro atoms. The second-order valence-corrected chi connectivity index (χ2v) is 14.4. The van der Waals surface area contributed by atoms with Crippen LogP contribution in [0.5, 0.6) is 0 Å². The summed E-state index contributed by atoms with van der Waals surface area (Å²) in [6.07, 6.45) is 35.4. The molecule has 0 heterocycles. The van der Waals surface area contributed by atoms with Crippen molar-refractivity contribution >= 4 is 0 Å². The molecule has 8 aliphatic rings. The number of hydrogen-bond acceptors (Lipinski definition) is 1. The fourth-order valence-electron chi connectivity index (χ4n) is 11.4. The van der Waals surface area contributed by atoms with Gasteiger partial charge in [-0.1, -0.05) is 56.2 Å². The van der Waals surface area contributed by atoms with E-state index < -0.39 is 0 Å². The second-order valence-electron chi connectivity index (χ2n) is 14.4. The molecule has 11 atom stereocenters. The van der Waals surface area contributed by atoms with Gasteiger partial charge >= 0.3 is 0 Å². The van der Waals surface area contributed by atoms with Crippen molar-refractivity contribution in [3.63, 3.8) is 0 Å². The molecular formula is C35H50O. The summed E-state index contributed by atoms with van der Waals surface area (Å²) >= 11 is 0. The summed E-state index contributed by atoms with van der Waals surface area (Å²) in [5.41, 5.74) is 3.57. The zero-order valence-electron chi connectivity index (χ0n) is 22.8. The molecule has 0 bridgehead atoms. The Kier molecular flexibility index (Phi) is 6.39. The van der Waals surface area contributed by atoms with Gasteiger partial charge < -0.3 is 5.11 Å². The van der Waals surface area contributed by atoms with E-state index in [-0.39, 0.29) is 11.5 Å². The Morgan fingerprint density at radius 3 is 2.11 bits per heavy atom. The van der Waals surface area contributed by atoms with Crippen LogP contribution in [0.4, 0.5) is 0 Å². The zero-order chi connectivity index (χ0) is 24.3. The lowest BCUT2D eigenvalue weighted by molar-refractivity contribution is -0.0451. The van der Waals surface area contributed by atoms with Crippen molar-refractivity contribution in [2.75, 3.05) is 0 Å². The van der Waals surface area contributed by atoms with E-state index in [1.54, 1.807) is 36.8 Å². The standard InChI is InChI=1S/C18H26O.C17H24/c1-18-11-10-14-13-5-3-2-4-12(13)6-7-15(14)16(18)8-9-17(18)19;1-2-6-14-12(4-1)8-10-17-15-7-3-5-13(15)9-11-16(14)17/h2,4,6,13-17,19H,3,5,7-11H2,1H3;1,4,8,13-17H,2-3,5-7,9-11H2. The summed E-state index contributed by atoms with van der Waals surface area (Å²) in [5.74, 6) is 8.68. The molecule has 1 heteroatoms. The summed E-state index contributed by atoms with van der Waals surface area (Å²) in [6, 6.07) is 0. The lowest BCUT2D eigenvalue weighted by Gasteiger charge is -2.52. The molecule has 1 nitrogen and oxygen atoms in total. The Bertz CT molecular complexity index is 952. The third-order valence-corrected chi connectivity index (χ3v) is 13.2. The molecule has 36 heavy (non-hydrogen) atoms. The summed E-state index contributed by atoms with van der Waals surface area (Å²) in [7, 11) is 0. The number of aliphatic hydroxyl groups is 1. The van der Waals surface area contributed by atoms with E-state index >= 15 is 0 Å². The van der Waals surface area contributed by atoms with Crippen molar-refractivity contribution < 1.29 is 5.11 Å². The van der Waals surface area contributed by atoms with Crippen molar-refractivity contribution in [1.82, 2.24) is 0 Å². The minimum Gasteiger partial charge on any atom is -0.393 e. The van der Waals surface area contributed by atoms with Crippen LogP contribution >= 0.6 is 0 Å². The highest BCUT2D eigenvalue weighted by Gasteiger charge is 2.55. The third kappa shape index (κ3) is 3.88. The van der Waals surface area contributed by atoms with Gasteiger partial charge in [-0.15, -0.1) is 0 Å². The van der Waals surface area contributed by atoms with Crippen LogP contribution in [0.3, 0.4) is 0 Å². The summed E-state index contributed by atoms with van der Waals surface area (Å²) in [5, 5.41) is 10.4. The molecule has 0 aliphatic heterocycles. The molecule has 0 radical (unpaired) electrons. The summed E-state index contributed by atoms with van der Waals surface area (Å²) in [4.78, 5) is 0. The van der Waals surface area contributed by atoms with Crippen LogP contribution in [-0.2, 0) is 0 Å². The highest BCUT2D eigenvalue weighted by atomic mass is 16.3. The molecule has 8 aliphatic carbocycles. The number of rotatable bonds is 0. The fraction of sp³-hybridized carbons (Fsp3) is 0.771. The second kappa shape index (κ2) is 9.59. The van der Waals surface area contributed by atoms with Crippen molar-refractivity contribution in [1.29, 1.82) is 0 Å². The quantitative estimate of drug-likeness (QED) is 0.363. The lowest BCUT2D eigenvalue weighted by atomic mass is 9.53. The predicted molar refractivity (Wildman–Crippen MR) is 149 cm³/mol. The first kappa shape index (κ1) is 24.0. The minimum absolute atomic E-state index is 0.0323. The normalized spacial score (nSPS) is 50.2. The Balaban J connectivity index is 0.000000123. The number of fused-ring (bicyclic) bond motifs is 10. The van der Waals surface area contributed by atoms with Crippen molar-refractivity contribution in [3.05, 3.63) is 47.6 Å². The van der Waals surface area contributed by atoms with E-state index in [1.165, 1.54) is 64.2 Å². The molecule has 11 unspecified atom stereocenters. The molecule has 0 amide bonds. The molecule has 4 fully saturated rings. The molecular weight excluding hydrogens is 436 g/mol. The largest absolute Gasteiger partial charge is 0.393 e. The van der Waals surface area contributed by atoms with Gasteiger partial charge in [-0.05, 0) is 153 Å². The van der Waals surface area contributed by atoms with E-state index in [0.717, 1.165) is 59.7 Å². The van der Waals surface area contributed by atoms with Gasteiger partial charge in [0, 0.05) is 0 Å². The van der Waals surface area contributed by atoms with Gasteiger partial charge in [-0.2, -0.15) is 0 Å². The topological polar surface area (TPSA) is 20.2 Å². The van der Waals surface area contributed by atoms with Crippen LogP contribution in [0, 0.1) is 58.7 Å². The maximum atomic E-state index is 10.4. The van der Waals surface area contributed by atoms with Gasteiger partial charge in [-0.3, -0.25) is 0 Å². The van der Waals surface area contributed by atoms with E-state index in [2.05, 4.69) is 43.4 Å². The third-order valence-electron chi connectivity index (χ3n) is 13.2. The van der Waals surface area contributed by atoms with Crippen LogP contribution in [-0.4, -0.2) is 11.2 Å². The Labute approximate surface area is 220 Å². The summed E-state index contributed by atoms with van der Waals surface area (Å²) in [6.45, 7) is 2.37. The van der Waals surface area contributed by atoms with Crippen molar-refractivity contribution in [2.45, 2.75) is 109 Å². The fourth-order valence-corrected chi connectivity index (χ4v) is 11.4. The van der Waals surface area contributed by atoms with E-state index in [1.807, 2.05) is 0 Å². The van der Waals surface area contributed by atoms with Crippen LogP contribution in [0.15, 0.2) is 47.6 Å². The van der Waals surface area contributed by atoms with Crippen LogP contribution in [0.2, 0.25) is 0 Å². The van der Waals surface area contributed by atoms with Gasteiger partial charge in [-0.25, -0.2) is 0 Å². The molecule has 1 N–H and O–H groups in total. The van der Waals surface area contributed by atoms with E-state index in [9.17, 15) is 5.11 Å². The zero-order valence-corrected chi connectivity index (χ0v) is 22.8. The van der Waals surface area contributed by atoms with E-state index in [4.69, 9.17) is 0 Å². The Hall–Kier alpha value is -1.08. The number of allylic oxidation sites excluding steroid dienone is 8. The monoisotopic (exact) mass is 486 g/mol. The SMILES string of the molecule is C1=CC2=CCC3C4CCCC4CCC3C2CC1.CC12CCC3C4CCC=CC4=CCC3C1CCC2O. The smallest absolute Gasteiger partial charge is 0.0596 e. The van der Waals surface area contributed by atoms with Crippen LogP contribution < -0.4 is 0 Å². The molecule has 0 saturated heterocycles. The average Bonchev–Trinajstić information content (AvgIpc) is 3.53. The average molecular weight is 487 g/mol.